The van der Waals surface area contributed by atoms with Gasteiger partial charge in [-0.3, -0.25) is 4.79 Å². The maximum Gasteiger partial charge on any atom is 0.243 e. The van der Waals surface area contributed by atoms with Gasteiger partial charge in [-0.25, -0.2) is 18.4 Å². The molecule has 1 fully saturated rings. The molecule has 27 heavy (non-hydrogen) atoms. The van der Waals surface area contributed by atoms with Crippen molar-refractivity contribution in [1.29, 1.82) is 0 Å². The van der Waals surface area contributed by atoms with Gasteiger partial charge in [0.05, 0.1) is 15.6 Å². The summed E-state index contributed by atoms with van der Waals surface area (Å²) < 4.78 is 27.6. The number of piperazine rings is 1. The molecule has 0 saturated carbocycles. The summed E-state index contributed by atoms with van der Waals surface area (Å²) in [4.78, 5) is 22.1. The molecule has 1 saturated heterocycles. The molecule has 0 unspecified atom stereocenters. The highest BCUT2D eigenvalue weighted by Crippen LogP contribution is 2.34. The van der Waals surface area contributed by atoms with Gasteiger partial charge in [0.1, 0.15) is 0 Å². The molecule has 1 aromatic carbocycles. The Morgan fingerprint density at radius 3 is 2.44 bits per heavy atom. The molecule has 0 radical (unpaired) electrons. The first-order chi connectivity index (χ1) is 12.9. The number of sulfonamides is 1. The first kappa shape index (κ1) is 18.1. The third-order valence-electron chi connectivity index (χ3n) is 4.74. The van der Waals surface area contributed by atoms with E-state index in [0.29, 0.717) is 50.7 Å². The van der Waals surface area contributed by atoms with E-state index in [1.54, 1.807) is 24.5 Å². The molecule has 8 nitrogen and oxygen atoms in total. The van der Waals surface area contributed by atoms with Crippen LogP contribution in [0.3, 0.4) is 0 Å². The third kappa shape index (κ3) is 3.50. The lowest BCUT2D eigenvalue weighted by Crippen LogP contribution is -2.49. The van der Waals surface area contributed by atoms with Crippen molar-refractivity contribution in [1.82, 2.24) is 14.3 Å². The highest BCUT2D eigenvalue weighted by atomic mass is 35.5. The summed E-state index contributed by atoms with van der Waals surface area (Å²) in [5.74, 6) is 0.487. The normalized spacial score (nSPS) is 18.1. The molecule has 142 valence electrons. The van der Waals surface area contributed by atoms with Crippen molar-refractivity contribution in [2.45, 2.75) is 17.7 Å². The van der Waals surface area contributed by atoms with Crippen LogP contribution in [0.5, 0.6) is 0 Å². The molecule has 1 N–H and O–H groups in total. The van der Waals surface area contributed by atoms with Crippen molar-refractivity contribution in [3.05, 3.63) is 41.2 Å². The number of fused-ring (bicyclic) bond motifs is 1. The second-order valence-corrected chi connectivity index (χ2v) is 8.77. The molecule has 2 aliphatic rings. The molecule has 0 bridgehead atoms. The monoisotopic (exact) mass is 407 g/mol. The molecule has 2 aliphatic heterocycles. The van der Waals surface area contributed by atoms with E-state index >= 15 is 0 Å². The zero-order valence-corrected chi connectivity index (χ0v) is 16.0. The van der Waals surface area contributed by atoms with Gasteiger partial charge in [0.2, 0.25) is 21.9 Å². The standard InChI is InChI=1S/C17H18ClN5O3S/c18-14-11-13(10-12-2-3-15(24)21-16(12)14)27(25,26)23-8-6-22(7-9-23)17-19-4-1-5-20-17/h1,4-5,10-11H,2-3,6-9H2,(H,21,24). The number of carbonyl (C=O) groups is 1. The van der Waals surface area contributed by atoms with Crippen LogP contribution in [0.1, 0.15) is 12.0 Å². The zero-order valence-electron chi connectivity index (χ0n) is 14.4. The molecule has 0 aliphatic carbocycles. The van der Waals surface area contributed by atoms with E-state index in [9.17, 15) is 13.2 Å². The van der Waals surface area contributed by atoms with E-state index < -0.39 is 10.0 Å². The summed E-state index contributed by atoms with van der Waals surface area (Å²) in [5.41, 5.74) is 1.26. The van der Waals surface area contributed by atoms with Gasteiger partial charge in [0, 0.05) is 45.0 Å². The van der Waals surface area contributed by atoms with Crippen molar-refractivity contribution < 1.29 is 13.2 Å². The maximum absolute atomic E-state index is 13.1. The lowest BCUT2D eigenvalue weighted by molar-refractivity contribution is -0.116. The van der Waals surface area contributed by atoms with E-state index in [4.69, 9.17) is 11.6 Å². The number of hydrogen-bond acceptors (Lipinski definition) is 6. The molecule has 1 amide bonds. The molecule has 0 atom stereocenters. The maximum atomic E-state index is 13.1. The van der Waals surface area contributed by atoms with Gasteiger partial charge in [0.15, 0.2) is 0 Å². The summed E-state index contributed by atoms with van der Waals surface area (Å²) >= 11 is 6.24. The summed E-state index contributed by atoms with van der Waals surface area (Å²) in [6.07, 6.45) is 4.13. The Morgan fingerprint density at radius 1 is 1.04 bits per heavy atom. The average Bonchev–Trinajstić information content (AvgIpc) is 2.69. The van der Waals surface area contributed by atoms with Crippen molar-refractivity contribution in [3.8, 4) is 0 Å². The molecule has 3 heterocycles. The van der Waals surface area contributed by atoms with Gasteiger partial charge >= 0.3 is 0 Å². The van der Waals surface area contributed by atoms with Gasteiger partial charge in [-0.2, -0.15) is 4.31 Å². The first-order valence-electron chi connectivity index (χ1n) is 8.59. The van der Waals surface area contributed by atoms with Crippen LogP contribution in [-0.2, 0) is 21.2 Å². The highest BCUT2D eigenvalue weighted by molar-refractivity contribution is 7.89. The summed E-state index contributed by atoms with van der Waals surface area (Å²) in [6.45, 7) is 1.70. The number of carbonyl (C=O) groups excluding carboxylic acids is 1. The van der Waals surface area contributed by atoms with Crippen LogP contribution < -0.4 is 10.2 Å². The van der Waals surface area contributed by atoms with Crippen LogP contribution in [0.4, 0.5) is 11.6 Å². The minimum Gasteiger partial charge on any atom is -0.338 e. The van der Waals surface area contributed by atoms with Crippen molar-refractivity contribution in [2.24, 2.45) is 0 Å². The Morgan fingerprint density at radius 2 is 1.74 bits per heavy atom. The Bertz CT molecular complexity index is 976. The largest absolute Gasteiger partial charge is 0.338 e. The first-order valence-corrected chi connectivity index (χ1v) is 10.4. The summed E-state index contributed by atoms with van der Waals surface area (Å²) in [6, 6.07) is 4.77. The number of amides is 1. The third-order valence-corrected chi connectivity index (χ3v) is 6.92. The smallest absolute Gasteiger partial charge is 0.243 e. The summed E-state index contributed by atoms with van der Waals surface area (Å²) in [7, 11) is -3.67. The number of nitrogens with zero attached hydrogens (tertiary/aromatic N) is 4. The minimum atomic E-state index is -3.67. The number of aryl methyl sites for hydroxylation is 1. The highest BCUT2D eigenvalue weighted by Gasteiger charge is 2.31. The van der Waals surface area contributed by atoms with Gasteiger partial charge in [0.25, 0.3) is 0 Å². The van der Waals surface area contributed by atoms with E-state index in [2.05, 4.69) is 15.3 Å². The number of hydrogen-bond donors (Lipinski definition) is 1. The van der Waals surface area contributed by atoms with E-state index in [1.165, 1.54) is 10.4 Å². The van der Waals surface area contributed by atoms with Crippen molar-refractivity contribution >= 4 is 39.2 Å². The SMILES string of the molecule is O=C1CCc2cc(S(=O)(=O)N3CCN(c4ncccn4)CC3)cc(Cl)c2N1. The van der Waals surface area contributed by atoms with Crippen LogP contribution in [-0.4, -0.2) is 54.8 Å². The van der Waals surface area contributed by atoms with Gasteiger partial charge in [-0.1, -0.05) is 11.6 Å². The lowest BCUT2D eigenvalue weighted by atomic mass is 10.0. The Balaban J connectivity index is 1.54. The molecule has 1 aromatic heterocycles. The summed E-state index contributed by atoms with van der Waals surface area (Å²) in [5, 5.41) is 2.96. The topological polar surface area (TPSA) is 95.5 Å². The van der Waals surface area contributed by atoms with Crippen LogP contribution >= 0.6 is 11.6 Å². The zero-order chi connectivity index (χ0) is 19.0. The quantitative estimate of drug-likeness (QED) is 0.828. The van der Waals surface area contributed by atoms with Gasteiger partial charge < -0.3 is 10.2 Å². The van der Waals surface area contributed by atoms with E-state index in [-0.39, 0.29) is 15.8 Å². The predicted molar refractivity (Wildman–Crippen MR) is 101 cm³/mol. The van der Waals surface area contributed by atoms with Crippen LogP contribution in [0.2, 0.25) is 5.02 Å². The number of nitrogens with one attached hydrogen (secondary N) is 1. The van der Waals surface area contributed by atoms with Gasteiger partial charge in [-0.05, 0) is 30.2 Å². The molecular formula is C17H18ClN5O3S. The van der Waals surface area contributed by atoms with Gasteiger partial charge in [-0.15, -0.1) is 0 Å². The molecule has 0 spiro atoms. The fraction of sp³-hybridized carbons (Fsp3) is 0.353. The number of halogens is 1. The lowest BCUT2D eigenvalue weighted by Gasteiger charge is -2.34. The number of rotatable bonds is 3. The van der Waals surface area contributed by atoms with Crippen molar-refractivity contribution in [2.75, 3.05) is 36.4 Å². The number of anilines is 2. The minimum absolute atomic E-state index is 0.112. The Hall–Kier alpha value is -2.23. The Labute approximate surface area is 162 Å². The Kier molecular flexibility index (Phi) is 4.75. The van der Waals surface area contributed by atoms with E-state index in [1.807, 2.05) is 4.90 Å². The number of benzene rings is 1. The van der Waals surface area contributed by atoms with E-state index in [0.717, 1.165) is 5.56 Å². The second-order valence-electron chi connectivity index (χ2n) is 6.43. The molecule has 10 heteroatoms. The molecular weight excluding hydrogens is 390 g/mol. The fourth-order valence-corrected chi connectivity index (χ4v) is 5.16. The average molecular weight is 408 g/mol. The van der Waals surface area contributed by atoms with Crippen LogP contribution in [0, 0.1) is 0 Å². The molecule has 4 rings (SSSR count). The van der Waals surface area contributed by atoms with Crippen LogP contribution in [0.25, 0.3) is 0 Å². The second kappa shape index (κ2) is 7.06. The molecule has 2 aromatic rings. The van der Waals surface area contributed by atoms with Crippen LogP contribution in [0.15, 0.2) is 35.5 Å². The number of aromatic nitrogens is 2. The van der Waals surface area contributed by atoms with Crippen molar-refractivity contribution in [3.63, 3.8) is 0 Å². The predicted octanol–water partition coefficient (Wildman–Crippen LogP) is 1.53. The fourth-order valence-electron chi connectivity index (χ4n) is 3.30.